The van der Waals surface area contributed by atoms with E-state index >= 15 is 0 Å². The van der Waals surface area contributed by atoms with Crippen LogP contribution in [0.5, 0.6) is 0 Å². The summed E-state index contributed by atoms with van der Waals surface area (Å²) in [6, 6.07) is 9.78. The molecule has 0 fully saturated rings. The molecule has 0 aliphatic rings. The Morgan fingerprint density at radius 2 is 2.00 bits per heavy atom. The first-order valence-electron chi connectivity index (χ1n) is 7.31. The molecule has 0 saturated heterocycles. The molecule has 0 aliphatic carbocycles. The van der Waals surface area contributed by atoms with Crippen molar-refractivity contribution >= 4 is 16.8 Å². The molecule has 1 unspecified atom stereocenters. The zero-order valence-electron chi connectivity index (χ0n) is 13.2. The predicted molar refractivity (Wildman–Crippen MR) is 85.3 cm³/mol. The molecule has 2 aromatic rings. The van der Waals surface area contributed by atoms with Crippen LogP contribution in [0.1, 0.15) is 37.7 Å². The van der Waals surface area contributed by atoms with Gasteiger partial charge >= 0.3 is 0 Å². The Hall–Kier alpha value is -1.81. The van der Waals surface area contributed by atoms with Crippen LogP contribution in [0.4, 0.5) is 0 Å². The minimum absolute atomic E-state index is 0.0620. The lowest BCUT2D eigenvalue weighted by molar-refractivity contribution is 0.0877. The zero-order valence-corrected chi connectivity index (χ0v) is 13.2. The summed E-state index contributed by atoms with van der Waals surface area (Å²) in [7, 11) is 1.90. The van der Waals surface area contributed by atoms with Crippen molar-refractivity contribution in [2.45, 2.75) is 33.2 Å². The molecule has 0 spiro atoms. The lowest BCUT2D eigenvalue weighted by Crippen LogP contribution is -2.44. The maximum absolute atomic E-state index is 12.6. The third-order valence-corrected chi connectivity index (χ3v) is 3.95. The standard InChI is InChI=1S/C17H24N2O2/c1-17(2,3)15(9-10-20)18-16(21)14-11-12-7-5-6-8-13(12)19(14)4/h5-8,11,15,20H,9-10H2,1-4H3,(H,18,21). The SMILES string of the molecule is Cn1c(C(=O)NC(CCO)C(C)(C)C)cc2ccccc21. The van der Waals surface area contributed by atoms with Gasteiger partial charge in [-0.1, -0.05) is 39.0 Å². The van der Waals surface area contributed by atoms with Gasteiger partial charge < -0.3 is 15.0 Å². The summed E-state index contributed by atoms with van der Waals surface area (Å²) in [6.45, 7) is 6.26. The van der Waals surface area contributed by atoms with Crippen LogP contribution in [-0.2, 0) is 7.05 Å². The third-order valence-electron chi connectivity index (χ3n) is 3.95. The molecule has 0 bridgehead atoms. The summed E-state index contributed by atoms with van der Waals surface area (Å²) in [4.78, 5) is 12.6. The molecule has 21 heavy (non-hydrogen) atoms. The number of fused-ring (bicyclic) bond motifs is 1. The van der Waals surface area contributed by atoms with Gasteiger partial charge in [0.2, 0.25) is 0 Å². The first-order valence-corrected chi connectivity index (χ1v) is 7.31. The van der Waals surface area contributed by atoms with Crippen molar-refractivity contribution in [1.82, 2.24) is 9.88 Å². The van der Waals surface area contributed by atoms with Gasteiger partial charge in [0.1, 0.15) is 5.69 Å². The van der Waals surface area contributed by atoms with Crippen LogP contribution in [-0.4, -0.2) is 28.2 Å². The van der Waals surface area contributed by atoms with Gasteiger partial charge in [-0.15, -0.1) is 0 Å². The van der Waals surface area contributed by atoms with E-state index in [1.54, 1.807) is 0 Å². The van der Waals surface area contributed by atoms with Crippen molar-refractivity contribution in [1.29, 1.82) is 0 Å². The number of aliphatic hydroxyl groups is 1. The molecule has 0 radical (unpaired) electrons. The van der Waals surface area contributed by atoms with Gasteiger partial charge in [-0.05, 0) is 24.0 Å². The maximum Gasteiger partial charge on any atom is 0.268 e. The molecule has 4 heteroatoms. The van der Waals surface area contributed by atoms with Crippen molar-refractivity contribution in [3.63, 3.8) is 0 Å². The molecular formula is C17H24N2O2. The summed E-state index contributed by atoms with van der Waals surface area (Å²) in [5, 5.41) is 13.3. The monoisotopic (exact) mass is 288 g/mol. The van der Waals surface area contributed by atoms with Crippen molar-refractivity contribution in [3.8, 4) is 0 Å². The van der Waals surface area contributed by atoms with E-state index in [1.165, 1.54) is 0 Å². The van der Waals surface area contributed by atoms with Gasteiger partial charge in [0.15, 0.2) is 0 Å². The number of aliphatic hydroxyl groups excluding tert-OH is 1. The predicted octanol–water partition coefficient (Wildman–Crippen LogP) is 2.71. The van der Waals surface area contributed by atoms with E-state index in [1.807, 2.05) is 41.9 Å². The number of rotatable bonds is 4. The van der Waals surface area contributed by atoms with Crippen LogP contribution >= 0.6 is 0 Å². The van der Waals surface area contributed by atoms with Crippen molar-refractivity contribution in [3.05, 3.63) is 36.0 Å². The molecule has 2 N–H and O–H groups in total. The quantitative estimate of drug-likeness (QED) is 0.909. The highest BCUT2D eigenvalue weighted by molar-refractivity contribution is 5.98. The molecule has 4 nitrogen and oxygen atoms in total. The number of nitrogens with one attached hydrogen (secondary N) is 1. The van der Waals surface area contributed by atoms with Gasteiger partial charge in [-0.2, -0.15) is 0 Å². The average Bonchev–Trinajstić information content (AvgIpc) is 2.75. The third kappa shape index (κ3) is 3.27. The Labute approximate surface area is 125 Å². The fourth-order valence-electron chi connectivity index (χ4n) is 2.59. The Morgan fingerprint density at radius 1 is 1.33 bits per heavy atom. The molecule has 0 aliphatic heterocycles. The fraction of sp³-hybridized carbons (Fsp3) is 0.471. The van der Waals surface area contributed by atoms with Crippen molar-refractivity contribution in [2.75, 3.05) is 6.61 Å². The summed E-state index contributed by atoms with van der Waals surface area (Å²) < 4.78 is 1.91. The first-order chi connectivity index (χ1) is 9.84. The largest absolute Gasteiger partial charge is 0.396 e. The second-order valence-electron chi connectivity index (χ2n) is 6.55. The number of para-hydroxylation sites is 1. The summed E-state index contributed by atoms with van der Waals surface area (Å²) >= 11 is 0. The Bertz CT molecular complexity index is 638. The number of amides is 1. The number of benzene rings is 1. The van der Waals surface area contributed by atoms with Crippen molar-refractivity contribution < 1.29 is 9.90 Å². The zero-order chi connectivity index (χ0) is 15.6. The number of aryl methyl sites for hydroxylation is 1. The van der Waals surface area contributed by atoms with E-state index in [2.05, 4.69) is 26.1 Å². The maximum atomic E-state index is 12.6. The van der Waals surface area contributed by atoms with E-state index in [9.17, 15) is 9.90 Å². The van der Waals surface area contributed by atoms with Gasteiger partial charge in [0, 0.05) is 30.6 Å². The minimum Gasteiger partial charge on any atom is -0.396 e. The topological polar surface area (TPSA) is 54.3 Å². The first kappa shape index (κ1) is 15.6. The fourth-order valence-corrected chi connectivity index (χ4v) is 2.59. The molecule has 2 rings (SSSR count). The van der Waals surface area contributed by atoms with Gasteiger partial charge in [0.05, 0.1) is 0 Å². The lowest BCUT2D eigenvalue weighted by atomic mass is 9.85. The van der Waals surface area contributed by atoms with Gasteiger partial charge in [-0.3, -0.25) is 4.79 Å². The van der Waals surface area contributed by atoms with Crippen LogP contribution in [0.3, 0.4) is 0 Å². The average molecular weight is 288 g/mol. The molecule has 1 amide bonds. The van der Waals surface area contributed by atoms with E-state index < -0.39 is 0 Å². The molecule has 1 atom stereocenters. The van der Waals surface area contributed by atoms with Crippen LogP contribution < -0.4 is 5.32 Å². The number of carbonyl (C=O) groups excluding carboxylic acids is 1. The number of carbonyl (C=O) groups is 1. The number of hydrogen-bond donors (Lipinski definition) is 2. The van der Waals surface area contributed by atoms with Crippen LogP contribution in [0.15, 0.2) is 30.3 Å². The minimum atomic E-state index is -0.0953. The van der Waals surface area contributed by atoms with Crippen LogP contribution in [0.2, 0.25) is 0 Å². The number of aromatic nitrogens is 1. The molecular weight excluding hydrogens is 264 g/mol. The van der Waals surface area contributed by atoms with E-state index in [4.69, 9.17) is 0 Å². The second kappa shape index (κ2) is 5.90. The van der Waals surface area contributed by atoms with E-state index in [0.717, 1.165) is 10.9 Å². The number of nitrogens with zero attached hydrogens (tertiary/aromatic N) is 1. The van der Waals surface area contributed by atoms with Gasteiger partial charge in [0.25, 0.3) is 5.91 Å². The van der Waals surface area contributed by atoms with Crippen LogP contribution in [0, 0.1) is 5.41 Å². The Balaban J connectivity index is 2.27. The van der Waals surface area contributed by atoms with Gasteiger partial charge in [-0.25, -0.2) is 0 Å². The molecule has 0 saturated carbocycles. The highest BCUT2D eigenvalue weighted by Gasteiger charge is 2.27. The van der Waals surface area contributed by atoms with E-state index in [0.29, 0.717) is 12.1 Å². The molecule has 1 heterocycles. The van der Waals surface area contributed by atoms with E-state index in [-0.39, 0.29) is 24.0 Å². The number of hydrogen-bond acceptors (Lipinski definition) is 2. The smallest absolute Gasteiger partial charge is 0.268 e. The lowest BCUT2D eigenvalue weighted by Gasteiger charge is -2.31. The molecule has 1 aromatic heterocycles. The Kier molecular flexibility index (Phi) is 4.37. The highest BCUT2D eigenvalue weighted by atomic mass is 16.3. The second-order valence-corrected chi connectivity index (χ2v) is 6.55. The Morgan fingerprint density at radius 3 is 2.57 bits per heavy atom. The summed E-state index contributed by atoms with van der Waals surface area (Å²) in [6.07, 6.45) is 0.555. The van der Waals surface area contributed by atoms with Crippen molar-refractivity contribution in [2.24, 2.45) is 12.5 Å². The summed E-state index contributed by atoms with van der Waals surface area (Å²) in [5.74, 6) is -0.0953. The molecule has 1 aromatic carbocycles. The normalized spacial score (nSPS) is 13.4. The molecule has 114 valence electrons. The highest BCUT2D eigenvalue weighted by Crippen LogP contribution is 2.23. The summed E-state index contributed by atoms with van der Waals surface area (Å²) in [5.41, 5.74) is 1.59. The van der Waals surface area contributed by atoms with Crippen LogP contribution in [0.25, 0.3) is 10.9 Å².